The van der Waals surface area contributed by atoms with Gasteiger partial charge in [-0.2, -0.15) is 0 Å². The molecule has 0 aromatic heterocycles. The fourth-order valence-electron chi connectivity index (χ4n) is 3.10. The summed E-state index contributed by atoms with van der Waals surface area (Å²) >= 11 is 0. The van der Waals surface area contributed by atoms with E-state index in [2.05, 4.69) is 10.6 Å². The number of nitrogens with zero attached hydrogens (tertiary/aromatic N) is 1. The first kappa shape index (κ1) is 22.3. The molecule has 0 aliphatic rings. The zero-order valence-electron chi connectivity index (χ0n) is 17.4. The monoisotopic (exact) mass is 435 g/mol. The van der Waals surface area contributed by atoms with Crippen molar-refractivity contribution in [2.24, 2.45) is 0 Å². The number of ether oxygens (including phenoxy) is 2. The van der Waals surface area contributed by atoms with E-state index in [9.17, 15) is 19.7 Å². The van der Waals surface area contributed by atoms with Crippen molar-refractivity contribution < 1.29 is 24.0 Å². The van der Waals surface area contributed by atoms with E-state index in [0.29, 0.717) is 17.1 Å². The lowest BCUT2D eigenvalue weighted by molar-refractivity contribution is -0.384. The molecule has 2 amide bonds. The van der Waals surface area contributed by atoms with Crippen molar-refractivity contribution in [1.82, 2.24) is 10.6 Å². The van der Waals surface area contributed by atoms with Crippen LogP contribution in [-0.4, -0.2) is 31.0 Å². The molecule has 3 rings (SSSR count). The van der Waals surface area contributed by atoms with Gasteiger partial charge in [0.25, 0.3) is 17.5 Å². The molecule has 0 fully saturated rings. The van der Waals surface area contributed by atoms with E-state index >= 15 is 0 Å². The van der Waals surface area contributed by atoms with Crippen molar-refractivity contribution in [3.05, 3.63) is 99.6 Å². The van der Waals surface area contributed by atoms with E-state index in [1.807, 2.05) is 0 Å². The van der Waals surface area contributed by atoms with Gasteiger partial charge in [0.2, 0.25) is 0 Å². The van der Waals surface area contributed by atoms with Gasteiger partial charge in [-0.1, -0.05) is 36.4 Å². The van der Waals surface area contributed by atoms with Crippen LogP contribution in [0.2, 0.25) is 0 Å². The number of hydrogen-bond donors (Lipinski definition) is 2. The van der Waals surface area contributed by atoms with Crippen LogP contribution >= 0.6 is 0 Å². The maximum absolute atomic E-state index is 13.0. The molecule has 0 heterocycles. The Kier molecular flexibility index (Phi) is 7.02. The van der Waals surface area contributed by atoms with Crippen LogP contribution in [0.25, 0.3) is 0 Å². The fourth-order valence-corrected chi connectivity index (χ4v) is 3.10. The van der Waals surface area contributed by atoms with Crippen LogP contribution in [0.1, 0.15) is 32.4 Å². The lowest BCUT2D eigenvalue weighted by Crippen LogP contribution is -2.41. The zero-order valence-corrected chi connectivity index (χ0v) is 17.4. The molecule has 0 saturated heterocycles. The third kappa shape index (κ3) is 5.01. The zero-order chi connectivity index (χ0) is 23.1. The van der Waals surface area contributed by atoms with Gasteiger partial charge in [0.1, 0.15) is 17.7 Å². The van der Waals surface area contributed by atoms with E-state index in [0.717, 1.165) is 0 Å². The number of nitro groups is 1. The summed E-state index contributed by atoms with van der Waals surface area (Å²) in [5.74, 6) is -0.365. The van der Waals surface area contributed by atoms with E-state index in [1.165, 1.54) is 32.4 Å². The Bertz CT molecular complexity index is 1090. The molecule has 0 saturated carbocycles. The summed E-state index contributed by atoms with van der Waals surface area (Å²) in [6, 6.07) is 18.8. The Balaban J connectivity index is 1.96. The molecular formula is C23H21N3O6. The second kappa shape index (κ2) is 10.1. The van der Waals surface area contributed by atoms with E-state index in [4.69, 9.17) is 9.47 Å². The number of para-hydroxylation sites is 2. The first-order valence-electron chi connectivity index (χ1n) is 9.56. The molecule has 0 bridgehead atoms. The van der Waals surface area contributed by atoms with E-state index < -0.39 is 22.9 Å². The van der Waals surface area contributed by atoms with Gasteiger partial charge in [-0.3, -0.25) is 19.7 Å². The van der Waals surface area contributed by atoms with Crippen molar-refractivity contribution in [2.45, 2.75) is 6.17 Å². The predicted octanol–water partition coefficient (Wildman–Crippen LogP) is 3.47. The molecule has 3 aromatic rings. The number of nitro benzene ring substituents is 1. The highest BCUT2D eigenvalue weighted by Gasteiger charge is 2.23. The van der Waals surface area contributed by atoms with Crippen molar-refractivity contribution in [3.8, 4) is 11.5 Å². The van der Waals surface area contributed by atoms with Crippen molar-refractivity contribution in [1.29, 1.82) is 0 Å². The van der Waals surface area contributed by atoms with Gasteiger partial charge in [-0.15, -0.1) is 0 Å². The second-order valence-corrected chi connectivity index (χ2v) is 6.63. The number of methoxy groups -OCH3 is 2. The summed E-state index contributed by atoms with van der Waals surface area (Å²) in [6.07, 6.45) is -1.07. The summed E-state index contributed by atoms with van der Waals surface area (Å²) in [5, 5.41) is 16.7. The Morgan fingerprint density at radius 2 is 1.31 bits per heavy atom. The van der Waals surface area contributed by atoms with Gasteiger partial charge in [-0.25, -0.2) is 0 Å². The summed E-state index contributed by atoms with van der Waals surface area (Å²) < 4.78 is 10.5. The largest absolute Gasteiger partial charge is 0.496 e. The highest BCUT2D eigenvalue weighted by atomic mass is 16.6. The molecule has 0 aliphatic heterocycles. The Morgan fingerprint density at radius 1 is 0.812 bits per heavy atom. The average molecular weight is 435 g/mol. The van der Waals surface area contributed by atoms with Crippen molar-refractivity contribution in [2.75, 3.05) is 14.2 Å². The number of carbonyl (C=O) groups excluding carboxylic acids is 2. The first-order chi connectivity index (χ1) is 15.4. The number of rotatable bonds is 8. The van der Waals surface area contributed by atoms with Gasteiger partial charge in [0.15, 0.2) is 0 Å². The number of nitrogens with one attached hydrogen (secondary N) is 2. The van der Waals surface area contributed by atoms with E-state index in [1.54, 1.807) is 54.6 Å². The van der Waals surface area contributed by atoms with Crippen LogP contribution < -0.4 is 20.1 Å². The maximum atomic E-state index is 13.0. The minimum absolute atomic E-state index is 0.175. The molecule has 0 aliphatic carbocycles. The molecule has 9 nitrogen and oxygen atoms in total. The Hall–Kier alpha value is -4.40. The third-order valence-corrected chi connectivity index (χ3v) is 4.67. The Labute approximate surface area is 184 Å². The molecule has 0 atom stereocenters. The number of non-ortho nitro benzene ring substituents is 1. The lowest BCUT2D eigenvalue weighted by Gasteiger charge is -2.22. The van der Waals surface area contributed by atoms with Gasteiger partial charge < -0.3 is 20.1 Å². The lowest BCUT2D eigenvalue weighted by atomic mass is 10.1. The summed E-state index contributed by atoms with van der Waals surface area (Å²) in [5.41, 5.74) is 0.644. The second-order valence-electron chi connectivity index (χ2n) is 6.63. The van der Waals surface area contributed by atoms with Crippen LogP contribution in [-0.2, 0) is 0 Å². The van der Waals surface area contributed by atoms with Crippen LogP contribution in [0.4, 0.5) is 5.69 Å². The molecule has 0 spiro atoms. The number of benzene rings is 3. The molecule has 164 valence electrons. The molecule has 3 aromatic carbocycles. The smallest absolute Gasteiger partial charge is 0.269 e. The minimum atomic E-state index is -1.07. The normalized spacial score (nSPS) is 10.3. The predicted molar refractivity (Wildman–Crippen MR) is 117 cm³/mol. The van der Waals surface area contributed by atoms with Crippen molar-refractivity contribution >= 4 is 17.5 Å². The standard InChI is InChI=1S/C23H21N3O6/c1-31-19-12-5-3-10-17(19)22(27)24-21(15-8-7-9-16(14-15)26(29)30)25-23(28)18-11-4-6-13-20(18)32-2/h3-14,21H,1-2H3,(H,24,27)(H,25,28). The highest BCUT2D eigenvalue weighted by Crippen LogP contribution is 2.23. The van der Waals surface area contributed by atoms with Crippen LogP contribution in [0.15, 0.2) is 72.8 Å². The summed E-state index contributed by atoms with van der Waals surface area (Å²) in [7, 11) is 2.88. The quantitative estimate of drug-likeness (QED) is 0.318. The topological polar surface area (TPSA) is 120 Å². The van der Waals surface area contributed by atoms with Crippen LogP contribution in [0.5, 0.6) is 11.5 Å². The molecular weight excluding hydrogens is 414 g/mol. The molecule has 2 N–H and O–H groups in total. The highest BCUT2D eigenvalue weighted by molar-refractivity contribution is 5.99. The van der Waals surface area contributed by atoms with Crippen LogP contribution in [0.3, 0.4) is 0 Å². The van der Waals surface area contributed by atoms with E-state index in [-0.39, 0.29) is 16.8 Å². The van der Waals surface area contributed by atoms with Gasteiger partial charge in [0, 0.05) is 17.7 Å². The van der Waals surface area contributed by atoms with Gasteiger partial charge in [-0.05, 0) is 24.3 Å². The molecule has 0 unspecified atom stereocenters. The minimum Gasteiger partial charge on any atom is -0.496 e. The summed E-state index contributed by atoms with van der Waals surface area (Å²) in [6.45, 7) is 0. The summed E-state index contributed by atoms with van der Waals surface area (Å²) in [4.78, 5) is 36.6. The number of amides is 2. The fraction of sp³-hybridized carbons (Fsp3) is 0.130. The molecule has 32 heavy (non-hydrogen) atoms. The van der Waals surface area contributed by atoms with Crippen molar-refractivity contribution in [3.63, 3.8) is 0 Å². The van der Waals surface area contributed by atoms with Crippen LogP contribution in [0, 0.1) is 10.1 Å². The average Bonchev–Trinajstić information content (AvgIpc) is 2.83. The third-order valence-electron chi connectivity index (χ3n) is 4.67. The molecule has 0 radical (unpaired) electrons. The molecule has 9 heteroatoms. The number of hydrogen-bond acceptors (Lipinski definition) is 6. The van der Waals surface area contributed by atoms with Gasteiger partial charge >= 0.3 is 0 Å². The number of carbonyl (C=O) groups is 2. The SMILES string of the molecule is COc1ccccc1C(=O)NC(NC(=O)c1ccccc1OC)c1cccc([N+](=O)[O-])c1. The maximum Gasteiger partial charge on any atom is 0.269 e. The van der Waals surface area contributed by atoms with Gasteiger partial charge in [0.05, 0.1) is 30.3 Å². The Morgan fingerprint density at radius 3 is 1.78 bits per heavy atom. The first-order valence-corrected chi connectivity index (χ1v) is 9.56.